The fourth-order valence-corrected chi connectivity index (χ4v) is 2.12. The lowest BCUT2D eigenvalue weighted by molar-refractivity contribution is 0.266. The Bertz CT molecular complexity index is 404. The molecule has 2 heterocycles. The van der Waals surface area contributed by atoms with Gasteiger partial charge < -0.3 is 20.9 Å². The van der Waals surface area contributed by atoms with Crippen LogP contribution in [0.3, 0.4) is 0 Å². The van der Waals surface area contributed by atoms with Crippen molar-refractivity contribution >= 4 is 11.5 Å². The molecule has 1 aliphatic heterocycles. The molecule has 17 heavy (non-hydrogen) atoms. The number of hydrogen-bond donors (Lipinski definition) is 3. The minimum absolute atomic E-state index is 0.00307. The number of rotatable bonds is 3. The van der Waals surface area contributed by atoms with Crippen LogP contribution in [0.5, 0.6) is 0 Å². The highest BCUT2D eigenvalue weighted by Crippen LogP contribution is 2.24. The highest BCUT2D eigenvalue weighted by molar-refractivity contribution is 5.95. The van der Waals surface area contributed by atoms with Crippen LogP contribution in [-0.4, -0.2) is 40.3 Å². The van der Waals surface area contributed by atoms with Crippen molar-refractivity contribution in [3.8, 4) is 0 Å². The number of nitrogens with two attached hydrogens (primary N) is 1. The van der Waals surface area contributed by atoms with Gasteiger partial charge in [-0.15, -0.1) is 0 Å². The number of amidine groups is 1. The van der Waals surface area contributed by atoms with Gasteiger partial charge in [0.25, 0.3) is 0 Å². The number of anilines is 1. The lowest BCUT2D eigenvalue weighted by Crippen LogP contribution is -2.32. The Kier molecular flexibility index (Phi) is 3.43. The molecule has 1 unspecified atom stereocenters. The molecule has 6 heteroatoms. The standard InChI is InChI=1S/C11H16N4O2/c12-11(14-17)10-4-3-8(6-13-10)15-5-1-2-9(15)7-16/h3-4,6,9,16-17H,1-2,5,7H2,(H2,12,14). The van der Waals surface area contributed by atoms with Crippen LogP contribution in [0.4, 0.5) is 5.69 Å². The Morgan fingerprint density at radius 3 is 3.00 bits per heavy atom. The van der Waals surface area contributed by atoms with E-state index in [2.05, 4.69) is 15.0 Å². The third-order valence-electron chi connectivity index (χ3n) is 3.04. The van der Waals surface area contributed by atoms with E-state index in [9.17, 15) is 5.11 Å². The molecule has 92 valence electrons. The normalized spacial score (nSPS) is 20.9. The van der Waals surface area contributed by atoms with Crippen LogP contribution in [0.15, 0.2) is 23.5 Å². The van der Waals surface area contributed by atoms with Gasteiger partial charge in [0.1, 0.15) is 5.69 Å². The fraction of sp³-hybridized carbons (Fsp3) is 0.455. The van der Waals surface area contributed by atoms with Gasteiger partial charge in [-0.3, -0.25) is 4.98 Å². The van der Waals surface area contributed by atoms with Gasteiger partial charge in [-0.2, -0.15) is 0 Å². The topological polar surface area (TPSA) is 95.0 Å². The third-order valence-corrected chi connectivity index (χ3v) is 3.04. The summed E-state index contributed by atoms with van der Waals surface area (Å²) >= 11 is 0. The maximum atomic E-state index is 9.24. The molecule has 1 aromatic heterocycles. The number of nitrogens with zero attached hydrogens (tertiary/aromatic N) is 3. The second kappa shape index (κ2) is 5.01. The van der Waals surface area contributed by atoms with Crippen molar-refractivity contribution in [2.24, 2.45) is 10.9 Å². The third kappa shape index (κ3) is 2.31. The van der Waals surface area contributed by atoms with E-state index in [-0.39, 0.29) is 18.5 Å². The molecule has 0 saturated carbocycles. The first-order valence-electron chi connectivity index (χ1n) is 5.57. The number of aliphatic hydroxyl groups excluding tert-OH is 1. The lowest BCUT2D eigenvalue weighted by Gasteiger charge is -2.24. The van der Waals surface area contributed by atoms with Crippen LogP contribution in [-0.2, 0) is 0 Å². The first kappa shape index (κ1) is 11.7. The minimum atomic E-state index is -0.00307. The summed E-state index contributed by atoms with van der Waals surface area (Å²) in [6, 6.07) is 3.75. The fourth-order valence-electron chi connectivity index (χ4n) is 2.12. The predicted molar refractivity (Wildman–Crippen MR) is 64.2 cm³/mol. The Labute approximate surface area is 99.4 Å². The van der Waals surface area contributed by atoms with E-state index in [1.807, 2.05) is 6.07 Å². The molecule has 2 rings (SSSR count). The minimum Gasteiger partial charge on any atom is -0.409 e. The largest absolute Gasteiger partial charge is 0.409 e. The second-order valence-electron chi connectivity index (χ2n) is 4.06. The predicted octanol–water partition coefficient (Wildman–Crippen LogP) is 0.137. The molecule has 0 aromatic carbocycles. The quantitative estimate of drug-likeness (QED) is 0.300. The smallest absolute Gasteiger partial charge is 0.188 e. The molecule has 1 atom stereocenters. The molecule has 6 nitrogen and oxygen atoms in total. The maximum Gasteiger partial charge on any atom is 0.188 e. The van der Waals surface area contributed by atoms with E-state index in [1.54, 1.807) is 12.3 Å². The summed E-state index contributed by atoms with van der Waals surface area (Å²) in [7, 11) is 0. The number of aromatic nitrogens is 1. The molecule has 1 saturated heterocycles. The Hall–Kier alpha value is -1.82. The molecule has 1 aliphatic rings. The molecule has 1 aromatic rings. The van der Waals surface area contributed by atoms with Crippen LogP contribution >= 0.6 is 0 Å². The van der Waals surface area contributed by atoms with E-state index in [4.69, 9.17) is 10.9 Å². The zero-order valence-electron chi connectivity index (χ0n) is 9.45. The van der Waals surface area contributed by atoms with E-state index >= 15 is 0 Å². The van der Waals surface area contributed by atoms with Crippen molar-refractivity contribution in [3.05, 3.63) is 24.0 Å². The van der Waals surface area contributed by atoms with Gasteiger partial charge in [0.15, 0.2) is 5.84 Å². The van der Waals surface area contributed by atoms with Crippen LogP contribution in [0.25, 0.3) is 0 Å². The second-order valence-corrected chi connectivity index (χ2v) is 4.06. The average Bonchev–Trinajstić information content (AvgIpc) is 2.86. The highest BCUT2D eigenvalue weighted by Gasteiger charge is 2.24. The van der Waals surface area contributed by atoms with Gasteiger partial charge in [-0.1, -0.05) is 5.16 Å². The first-order valence-corrected chi connectivity index (χ1v) is 5.57. The van der Waals surface area contributed by atoms with Gasteiger partial charge in [0.2, 0.25) is 0 Å². The van der Waals surface area contributed by atoms with E-state index in [0.717, 1.165) is 25.1 Å². The van der Waals surface area contributed by atoms with Gasteiger partial charge in [0.05, 0.1) is 24.5 Å². The molecule has 4 N–H and O–H groups in total. The summed E-state index contributed by atoms with van der Waals surface area (Å²) < 4.78 is 0. The van der Waals surface area contributed by atoms with Crippen molar-refractivity contribution in [3.63, 3.8) is 0 Å². The highest BCUT2D eigenvalue weighted by atomic mass is 16.4. The lowest BCUT2D eigenvalue weighted by atomic mass is 10.2. The molecule has 0 spiro atoms. The Morgan fingerprint density at radius 2 is 2.41 bits per heavy atom. The Balaban J connectivity index is 2.18. The van der Waals surface area contributed by atoms with Crippen molar-refractivity contribution in [2.75, 3.05) is 18.1 Å². The van der Waals surface area contributed by atoms with Crippen molar-refractivity contribution in [1.29, 1.82) is 0 Å². The average molecular weight is 236 g/mol. The molecule has 0 radical (unpaired) electrons. The van der Waals surface area contributed by atoms with Crippen molar-refractivity contribution in [2.45, 2.75) is 18.9 Å². The molecule has 1 fully saturated rings. The van der Waals surface area contributed by atoms with Crippen molar-refractivity contribution < 1.29 is 10.3 Å². The summed E-state index contributed by atoms with van der Waals surface area (Å²) in [6.07, 6.45) is 3.76. The molecule has 0 bridgehead atoms. The van der Waals surface area contributed by atoms with Crippen LogP contribution < -0.4 is 10.6 Å². The number of aliphatic hydroxyl groups is 1. The summed E-state index contributed by atoms with van der Waals surface area (Å²) in [5.74, 6) is -0.00307. The van der Waals surface area contributed by atoms with Gasteiger partial charge in [-0.05, 0) is 25.0 Å². The van der Waals surface area contributed by atoms with Gasteiger partial charge in [-0.25, -0.2) is 0 Å². The van der Waals surface area contributed by atoms with Gasteiger partial charge in [0, 0.05) is 6.54 Å². The van der Waals surface area contributed by atoms with E-state index in [1.165, 1.54) is 0 Å². The summed E-state index contributed by atoms with van der Waals surface area (Å²) in [6.45, 7) is 1.08. The zero-order valence-corrected chi connectivity index (χ0v) is 9.45. The van der Waals surface area contributed by atoms with Crippen LogP contribution in [0.1, 0.15) is 18.5 Å². The summed E-state index contributed by atoms with van der Waals surface area (Å²) in [5, 5.41) is 20.7. The number of pyridine rings is 1. The molecule has 0 aliphatic carbocycles. The summed E-state index contributed by atoms with van der Waals surface area (Å²) in [4.78, 5) is 6.25. The van der Waals surface area contributed by atoms with Crippen LogP contribution in [0, 0.1) is 0 Å². The number of hydrogen-bond acceptors (Lipinski definition) is 5. The van der Waals surface area contributed by atoms with E-state index < -0.39 is 0 Å². The van der Waals surface area contributed by atoms with Gasteiger partial charge >= 0.3 is 0 Å². The molecular weight excluding hydrogens is 220 g/mol. The first-order chi connectivity index (χ1) is 8.26. The molecular formula is C11H16N4O2. The zero-order chi connectivity index (χ0) is 12.3. The monoisotopic (exact) mass is 236 g/mol. The summed E-state index contributed by atoms with van der Waals surface area (Å²) in [5.41, 5.74) is 6.83. The van der Waals surface area contributed by atoms with E-state index in [0.29, 0.717) is 5.69 Å². The number of oxime groups is 1. The molecule has 0 amide bonds. The van der Waals surface area contributed by atoms with Crippen molar-refractivity contribution in [1.82, 2.24) is 4.98 Å². The Morgan fingerprint density at radius 1 is 1.59 bits per heavy atom. The maximum absolute atomic E-state index is 9.24. The SMILES string of the molecule is N/C(=N/O)c1ccc(N2CCCC2CO)cn1. The van der Waals surface area contributed by atoms with Crippen LogP contribution in [0.2, 0.25) is 0 Å².